The summed E-state index contributed by atoms with van der Waals surface area (Å²) in [5.41, 5.74) is 10.3. The molecule has 21 heavy (non-hydrogen) atoms. The first kappa shape index (κ1) is 14.9. The van der Waals surface area contributed by atoms with Gasteiger partial charge in [-0.3, -0.25) is 4.79 Å². The van der Waals surface area contributed by atoms with Crippen molar-refractivity contribution in [1.29, 1.82) is 0 Å². The lowest BCUT2D eigenvalue weighted by Gasteiger charge is -2.14. The van der Waals surface area contributed by atoms with E-state index in [0.717, 1.165) is 16.9 Å². The molecule has 4 nitrogen and oxygen atoms in total. The summed E-state index contributed by atoms with van der Waals surface area (Å²) in [6.07, 6.45) is 0. The average molecular weight is 284 g/mol. The fourth-order valence-electron chi connectivity index (χ4n) is 2.15. The number of carbonyl (C=O) groups excluding carboxylic acids is 1. The molecule has 0 spiro atoms. The number of hydrogen-bond donors (Lipinski definition) is 2. The highest BCUT2D eigenvalue weighted by atomic mass is 16.5. The Balaban J connectivity index is 2.35. The molecule has 0 unspecified atom stereocenters. The summed E-state index contributed by atoms with van der Waals surface area (Å²) < 4.78 is 5.91. The maximum Gasteiger partial charge on any atom is 0.251 e. The highest BCUT2D eigenvalue weighted by Crippen LogP contribution is 2.32. The molecule has 2 aromatic rings. The van der Waals surface area contributed by atoms with Crippen molar-refractivity contribution < 1.29 is 9.53 Å². The summed E-state index contributed by atoms with van der Waals surface area (Å²) in [4.78, 5) is 11.6. The van der Waals surface area contributed by atoms with Crippen LogP contribution in [-0.4, -0.2) is 13.0 Å². The van der Waals surface area contributed by atoms with E-state index in [9.17, 15) is 4.79 Å². The van der Waals surface area contributed by atoms with Crippen LogP contribution in [-0.2, 0) is 0 Å². The highest BCUT2D eigenvalue weighted by molar-refractivity contribution is 5.95. The van der Waals surface area contributed by atoms with Gasteiger partial charge in [-0.1, -0.05) is 6.07 Å². The molecule has 1 amide bonds. The maximum atomic E-state index is 11.6. The van der Waals surface area contributed by atoms with Gasteiger partial charge in [0.2, 0.25) is 0 Å². The molecule has 0 bridgehead atoms. The molecular formula is C17H20N2O2. The monoisotopic (exact) mass is 284 g/mol. The first-order valence-electron chi connectivity index (χ1n) is 6.79. The highest BCUT2D eigenvalue weighted by Gasteiger charge is 2.10. The lowest BCUT2D eigenvalue weighted by molar-refractivity contribution is 0.0963. The molecule has 0 saturated carbocycles. The Kier molecular flexibility index (Phi) is 4.17. The van der Waals surface area contributed by atoms with Crippen LogP contribution in [0.3, 0.4) is 0 Å². The molecular weight excluding hydrogens is 264 g/mol. The minimum absolute atomic E-state index is 0.171. The zero-order valence-corrected chi connectivity index (χ0v) is 12.8. The SMILES string of the molecule is CNC(=O)c1ccc(Oc2cc(C)cc(C)c2C)c(N)c1. The number of nitrogens with two attached hydrogens (primary N) is 1. The van der Waals surface area contributed by atoms with Crippen LogP contribution in [0.15, 0.2) is 30.3 Å². The van der Waals surface area contributed by atoms with E-state index in [-0.39, 0.29) is 5.91 Å². The molecule has 110 valence electrons. The van der Waals surface area contributed by atoms with Crippen LogP contribution >= 0.6 is 0 Å². The normalized spacial score (nSPS) is 10.3. The molecule has 0 aliphatic carbocycles. The second-order valence-corrected chi connectivity index (χ2v) is 5.14. The number of ether oxygens (including phenoxy) is 1. The van der Waals surface area contributed by atoms with Gasteiger partial charge in [0.25, 0.3) is 5.91 Å². The second kappa shape index (κ2) is 5.87. The predicted molar refractivity (Wildman–Crippen MR) is 85.0 cm³/mol. The van der Waals surface area contributed by atoms with Crippen LogP contribution in [0, 0.1) is 20.8 Å². The van der Waals surface area contributed by atoms with E-state index in [1.807, 2.05) is 26.8 Å². The summed E-state index contributed by atoms with van der Waals surface area (Å²) in [5.74, 6) is 1.17. The fraction of sp³-hybridized carbons (Fsp3) is 0.235. The molecule has 0 aromatic heterocycles. The average Bonchev–Trinajstić information content (AvgIpc) is 2.45. The topological polar surface area (TPSA) is 64.3 Å². The predicted octanol–water partition coefficient (Wildman–Crippen LogP) is 3.35. The third-order valence-corrected chi connectivity index (χ3v) is 3.48. The quantitative estimate of drug-likeness (QED) is 0.850. The first-order valence-corrected chi connectivity index (χ1v) is 6.79. The zero-order valence-electron chi connectivity index (χ0n) is 12.8. The molecule has 0 radical (unpaired) electrons. The second-order valence-electron chi connectivity index (χ2n) is 5.14. The first-order chi connectivity index (χ1) is 9.92. The van der Waals surface area contributed by atoms with Gasteiger partial charge in [0.15, 0.2) is 0 Å². The van der Waals surface area contributed by atoms with Gasteiger partial charge in [-0.25, -0.2) is 0 Å². The Morgan fingerprint density at radius 2 is 1.81 bits per heavy atom. The Hall–Kier alpha value is -2.49. The molecule has 4 heteroatoms. The number of benzene rings is 2. The molecule has 0 aliphatic rings. The van der Waals surface area contributed by atoms with E-state index >= 15 is 0 Å². The van der Waals surface area contributed by atoms with Crippen LogP contribution in [0.25, 0.3) is 0 Å². The van der Waals surface area contributed by atoms with Gasteiger partial charge in [0.1, 0.15) is 11.5 Å². The van der Waals surface area contributed by atoms with E-state index in [1.54, 1.807) is 25.2 Å². The lowest BCUT2D eigenvalue weighted by atomic mass is 10.1. The largest absolute Gasteiger partial charge is 0.455 e. The standard InChI is InChI=1S/C17H20N2O2/c1-10-7-11(2)12(3)16(8-10)21-15-6-5-13(9-14(15)18)17(20)19-4/h5-9H,18H2,1-4H3,(H,19,20). The van der Waals surface area contributed by atoms with Crippen molar-refractivity contribution in [3.05, 3.63) is 52.6 Å². The molecule has 0 heterocycles. The van der Waals surface area contributed by atoms with Crippen LogP contribution < -0.4 is 15.8 Å². The Labute approximate surface area is 124 Å². The molecule has 3 N–H and O–H groups in total. The Morgan fingerprint density at radius 3 is 2.43 bits per heavy atom. The Bertz CT molecular complexity index is 693. The molecule has 0 atom stereocenters. The number of carbonyl (C=O) groups is 1. The van der Waals surface area contributed by atoms with Crippen LogP contribution in [0.2, 0.25) is 0 Å². The summed E-state index contributed by atoms with van der Waals surface area (Å²) >= 11 is 0. The van der Waals surface area contributed by atoms with E-state index < -0.39 is 0 Å². The number of hydrogen-bond acceptors (Lipinski definition) is 3. The summed E-state index contributed by atoms with van der Waals surface area (Å²) in [5, 5.41) is 2.57. The summed E-state index contributed by atoms with van der Waals surface area (Å²) in [6, 6.07) is 9.13. The van der Waals surface area contributed by atoms with Gasteiger partial charge < -0.3 is 15.8 Å². The van der Waals surface area contributed by atoms with Crippen molar-refractivity contribution in [1.82, 2.24) is 5.32 Å². The van der Waals surface area contributed by atoms with Gasteiger partial charge in [-0.2, -0.15) is 0 Å². The van der Waals surface area contributed by atoms with Gasteiger partial charge in [-0.05, 0) is 61.7 Å². The minimum atomic E-state index is -0.171. The third-order valence-electron chi connectivity index (χ3n) is 3.48. The van der Waals surface area contributed by atoms with E-state index in [1.165, 1.54) is 5.56 Å². The number of nitrogen functional groups attached to an aromatic ring is 1. The molecule has 0 aliphatic heterocycles. The van der Waals surface area contributed by atoms with Crippen molar-refractivity contribution in [3.63, 3.8) is 0 Å². The van der Waals surface area contributed by atoms with Crippen LogP contribution in [0.4, 0.5) is 5.69 Å². The summed E-state index contributed by atoms with van der Waals surface area (Å²) in [6.45, 7) is 6.09. The van der Waals surface area contributed by atoms with E-state index in [0.29, 0.717) is 17.0 Å². The van der Waals surface area contributed by atoms with Crippen molar-refractivity contribution in [2.45, 2.75) is 20.8 Å². The Morgan fingerprint density at radius 1 is 1.10 bits per heavy atom. The van der Waals surface area contributed by atoms with Crippen molar-refractivity contribution in [2.75, 3.05) is 12.8 Å². The number of nitrogens with one attached hydrogen (secondary N) is 1. The number of anilines is 1. The zero-order chi connectivity index (χ0) is 15.6. The van der Waals surface area contributed by atoms with Crippen molar-refractivity contribution in [2.24, 2.45) is 0 Å². The number of amides is 1. The number of rotatable bonds is 3. The smallest absolute Gasteiger partial charge is 0.251 e. The van der Waals surface area contributed by atoms with Crippen molar-refractivity contribution in [3.8, 4) is 11.5 Å². The van der Waals surface area contributed by atoms with Gasteiger partial charge in [0, 0.05) is 12.6 Å². The van der Waals surface area contributed by atoms with Gasteiger partial charge >= 0.3 is 0 Å². The van der Waals surface area contributed by atoms with E-state index in [4.69, 9.17) is 10.5 Å². The number of aryl methyl sites for hydroxylation is 2. The lowest BCUT2D eigenvalue weighted by Crippen LogP contribution is -2.17. The van der Waals surface area contributed by atoms with Gasteiger partial charge in [0.05, 0.1) is 5.69 Å². The van der Waals surface area contributed by atoms with Crippen LogP contribution in [0.1, 0.15) is 27.0 Å². The van der Waals surface area contributed by atoms with E-state index in [2.05, 4.69) is 11.4 Å². The minimum Gasteiger partial charge on any atom is -0.455 e. The van der Waals surface area contributed by atoms with Crippen LogP contribution in [0.5, 0.6) is 11.5 Å². The molecule has 2 rings (SSSR count). The third kappa shape index (κ3) is 3.16. The fourth-order valence-corrected chi connectivity index (χ4v) is 2.15. The van der Waals surface area contributed by atoms with Crippen molar-refractivity contribution >= 4 is 11.6 Å². The maximum absolute atomic E-state index is 11.6. The molecule has 0 saturated heterocycles. The molecule has 0 fully saturated rings. The summed E-state index contributed by atoms with van der Waals surface area (Å²) in [7, 11) is 1.59. The van der Waals surface area contributed by atoms with Gasteiger partial charge in [-0.15, -0.1) is 0 Å². The molecule has 2 aromatic carbocycles.